The van der Waals surface area contributed by atoms with Crippen LogP contribution >= 0.6 is 11.6 Å². The molecule has 0 bridgehead atoms. The lowest BCUT2D eigenvalue weighted by Crippen LogP contribution is -2.47. The van der Waals surface area contributed by atoms with Gasteiger partial charge in [-0.2, -0.15) is 0 Å². The molecule has 2 N–H and O–H groups in total. The summed E-state index contributed by atoms with van der Waals surface area (Å²) >= 11 is 5.62. The average Bonchev–Trinajstić information content (AvgIpc) is 1.60. The van der Waals surface area contributed by atoms with Gasteiger partial charge >= 0.3 is 0 Å². The Morgan fingerprint density at radius 3 is 1.90 bits per heavy atom. The molecule has 0 aromatic heterocycles. The van der Waals surface area contributed by atoms with E-state index in [2.05, 4.69) is 5.32 Å². The molecule has 62 valence electrons. The van der Waals surface area contributed by atoms with Gasteiger partial charge in [0.2, 0.25) is 0 Å². The number of hydrogen-bond acceptors (Lipinski definition) is 2. The van der Waals surface area contributed by atoms with Gasteiger partial charge < -0.3 is 5.11 Å². The zero-order valence-corrected chi connectivity index (χ0v) is 7.74. The van der Waals surface area contributed by atoms with Crippen molar-refractivity contribution in [2.24, 2.45) is 0 Å². The average molecular weight is 166 g/mol. The maximum Gasteiger partial charge on any atom is 0.121 e. The fraction of sp³-hybridized carbons (Fsp3) is 1.00. The Morgan fingerprint density at radius 1 is 1.40 bits per heavy atom. The van der Waals surface area contributed by atoms with Crippen molar-refractivity contribution in [3.63, 3.8) is 0 Å². The lowest BCUT2D eigenvalue weighted by molar-refractivity contribution is 0.106. The van der Waals surface area contributed by atoms with Crippen LogP contribution in [0.25, 0.3) is 0 Å². The number of alkyl halides is 1. The first-order chi connectivity index (χ1) is 4.33. The summed E-state index contributed by atoms with van der Waals surface area (Å²) in [5.41, 5.74) is -0.0808. The molecule has 0 rings (SSSR count). The number of nitrogens with one attached hydrogen (secondary N) is 1. The highest BCUT2D eigenvalue weighted by Gasteiger charge is 2.17. The van der Waals surface area contributed by atoms with Crippen molar-refractivity contribution < 1.29 is 5.11 Å². The van der Waals surface area contributed by atoms with E-state index in [9.17, 15) is 5.11 Å². The lowest BCUT2D eigenvalue weighted by atomic mass is 10.1. The molecule has 3 heteroatoms. The number of aliphatic hydroxyl groups excluding tert-OH is 1. The van der Waals surface area contributed by atoms with Crippen molar-refractivity contribution in [3.8, 4) is 0 Å². The van der Waals surface area contributed by atoms with E-state index in [-0.39, 0.29) is 10.9 Å². The van der Waals surface area contributed by atoms with Gasteiger partial charge in [-0.05, 0) is 27.7 Å². The molecule has 0 heterocycles. The number of halogens is 1. The highest BCUT2D eigenvalue weighted by Crippen LogP contribution is 2.05. The minimum Gasteiger partial charge on any atom is -0.377 e. The summed E-state index contributed by atoms with van der Waals surface area (Å²) in [4.78, 5) is 0. The second-order valence-electron chi connectivity index (χ2n) is 3.52. The minimum absolute atomic E-state index is 0.0808. The van der Waals surface area contributed by atoms with Crippen LogP contribution in [0, 0.1) is 0 Å². The molecule has 0 spiro atoms. The summed E-state index contributed by atoms with van der Waals surface area (Å²) in [6.45, 7) is 7.70. The van der Waals surface area contributed by atoms with E-state index in [1.807, 2.05) is 20.8 Å². The predicted octanol–water partition coefficient (Wildman–Crippen LogP) is 1.32. The zero-order valence-electron chi connectivity index (χ0n) is 6.98. The van der Waals surface area contributed by atoms with Crippen molar-refractivity contribution in [2.45, 2.75) is 44.8 Å². The molecular weight excluding hydrogens is 150 g/mol. The SMILES string of the molecule is CC(Cl)C(O)NC(C)(C)C. The van der Waals surface area contributed by atoms with Crippen molar-refractivity contribution >= 4 is 11.6 Å². The Labute approximate surface area is 67.6 Å². The van der Waals surface area contributed by atoms with Crippen LogP contribution in [0.2, 0.25) is 0 Å². The van der Waals surface area contributed by atoms with Crippen LogP contribution in [0.3, 0.4) is 0 Å². The summed E-state index contributed by atoms with van der Waals surface area (Å²) in [7, 11) is 0. The lowest BCUT2D eigenvalue weighted by Gasteiger charge is -2.26. The summed E-state index contributed by atoms with van der Waals surface area (Å²) in [6, 6.07) is 0. The largest absolute Gasteiger partial charge is 0.377 e. The van der Waals surface area contributed by atoms with Gasteiger partial charge in [0.05, 0.1) is 5.38 Å². The number of aliphatic hydroxyl groups is 1. The molecule has 2 atom stereocenters. The van der Waals surface area contributed by atoms with E-state index >= 15 is 0 Å². The quantitative estimate of drug-likeness (QED) is 0.478. The van der Waals surface area contributed by atoms with Crippen LogP contribution in [0.15, 0.2) is 0 Å². The Bertz CT molecular complexity index is 98.3. The van der Waals surface area contributed by atoms with E-state index in [0.717, 1.165) is 0 Å². The van der Waals surface area contributed by atoms with Crippen LogP contribution in [0.4, 0.5) is 0 Å². The number of rotatable bonds is 2. The molecule has 2 nitrogen and oxygen atoms in total. The monoisotopic (exact) mass is 165 g/mol. The zero-order chi connectivity index (χ0) is 8.36. The van der Waals surface area contributed by atoms with E-state index in [0.29, 0.717) is 0 Å². The highest BCUT2D eigenvalue weighted by atomic mass is 35.5. The summed E-state index contributed by atoms with van der Waals surface area (Å²) in [5.74, 6) is 0. The first-order valence-corrected chi connectivity index (χ1v) is 3.86. The van der Waals surface area contributed by atoms with Crippen molar-refractivity contribution in [1.29, 1.82) is 0 Å². The van der Waals surface area contributed by atoms with Crippen LogP contribution in [-0.2, 0) is 0 Å². The van der Waals surface area contributed by atoms with Gasteiger partial charge in [0.1, 0.15) is 6.23 Å². The van der Waals surface area contributed by atoms with E-state index in [4.69, 9.17) is 11.6 Å². The van der Waals surface area contributed by atoms with Gasteiger partial charge in [-0.15, -0.1) is 11.6 Å². The molecule has 0 saturated carbocycles. The molecule has 0 saturated heterocycles. The molecular formula is C7H16ClNO. The van der Waals surface area contributed by atoms with Crippen LogP contribution < -0.4 is 5.32 Å². The van der Waals surface area contributed by atoms with E-state index in [1.165, 1.54) is 0 Å². The van der Waals surface area contributed by atoms with Gasteiger partial charge in [0, 0.05) is 5.54 Å². The van der Waals surface area contributed by atoms with Crippen molar-refractivity contribution in [1.82, 2.24) is 5.32 Å². The first-order valence-electron chi connectivity index (χ1n) is 3.43. The van der Waals surface area contributed by atoms with Crippen molar-refractivity contribution in [2.75, 3.05) is 0 Å². The molecule has 0 aromatic rings. The molecule has 0 aliphatic carbocycles. The molecule has 10 heavy (non-hydrogen) atoms. The fourth-order valence-corrected chi connectivity index (χ4v) is 0.621. The van der Waals surface area contributed by atoms with Gasteiger partial charge in [0.25, 0.3) is 0 Å². The molecule has 0 amide bonds. The van der Waals surface area contributed by atoms with Crippen LogP contribution in [0.5, 0.6) is 0 Å². The van der Waals surface area contributed by atoms with Crippen LogP contribution in [-0.4, -0.2) is 22.3 Å². The molecule has 0 aliphatic rings. The Kier molecular flexibility index (Phi) is 3.63. The maximum atomic E-state index is 9.22. The topological polar surface area (TPSA) is 32.3 Å². The Hall–Kier alpha value is 0.210. The molecule has 0 fully saturated rings. The minimum atomic E-state index is -0.623. The predicted molar refractivity (Wildman–Crippen MR) is 44.2 cm³/mol. The summed E-state index contributed by atoms with van der Waals surface area (Å²) < 4.78 is 0. The third-order valence-corrected chi connectivity index (χ3v) is 1.25. The van der Waals surface area contributed by atoms with Crippen LogP contribution in [0.1, 0.15) is 27.7 Å². The maximum absolute atomic E-state index is 9.22. The van der Waals surface area contributed by atoms with Gasteiger partial charge in [-0.3, -0.25) is 5.32 Å². The smallest absolute Gasteiger partial charge is 0.121 e. The second-order valence-corrected chi connectivity index (χ2v) is 4.21. The summed E-state index contributed by atoms with van der Waals surface area (Å²) in [5, 5.41) is 11.9. The molecule has 2 unspecified atom stereocenters. The highest BCUT2D eigenvalue weighted by molar-refractivity contribution is 6.20. The van der Waals surface area contributed by atoms with Gasteiger partial charge in [-0.1, -0.05) is 0 Å². The molecule has 0 aromatic carbocycles. The summed E-state index contributed by atoms with van der Waals surface area (Å²) in [6.07, 6.45) is -0.623. The van der Waals surface area contributed by atoms with Gasteiger partial charge in [-0.25, -0.2) is 0 Å². The Balaban J connectivity index is 3.68. The van der Waals surface area contributed by atoms with Gasteiger partial charge in [0.15, 0.2) is 0 Å². The van der Waals surface area contributed by atoms with E-state index in [1.54, 1.807) is 6.92 Å². The molecule has 0 radical (unpaired) electrons. The standard InChI is InChI=1S/C7H16ClNO/c1-5(8)6(10)9-7(2,3)4/h5-6,9-10H,1-4H3. The normalized spacial score (nSPS) is 18.6. The second kappa shape index (κ2) is 3.56. The van der Waals surface area contributed by atoms with E-state index < -0.39 is 6.23 Å². The third-order valence-electron chi connectivity index (χ3n) is 1.02. The Morgan fingerprint density at radius 2 is 1.80 bits per heavy atom. The van der Waals surface area contributed by atoms with Crippen molar-refractivity contribution in [3.05, 3.63) is 0 Å². The number of hydrogen-bond donors (Lipinski definition) is 2. The first kappa shape index (κ1) is 10.2. The third kappa shape index (κ3) is 5.03. The molecule has 0 aliphatic heterocycles. The fourth-order valence-electron chi connectivity index (χ4n) is 0.558.